The fourth-order valence-corrected chi connectivity index (χ4v) is 3.00. The molecule has 0 bridgehead atoms. The number of benzene rings is 1. The summed E-state index contributed by atoms with van der Waals surface area (Å²) in [5.74, 6) is 0.383. The number of methoxy groups -OCH3 is 1. The van der Waals surface area contributed by atoms with Gasteiger partial charge in [0.1, 0.15) is 4.32 Å². The van der Waals surface area contributed by atoms with Gasteiger partial charge in [-0.3, -0.25) is 4.79 Å². The van der Waals surface area contributed by atoms with E-state index in [9.17, 15) is 9.90 Å². The van der Waals surface area contributed by atoms with Gasteiger partial charge in [-0.05, 0) is 35.8 Å². The van der Waals surface area contributed by atoms with Crippen molar-refractivity contribution < 1.29 is 14.6 Å². The SMILES string of the molecule is CCCc1cc(C=C2SC(=S)NC2=O)cc(OC)c1O. The quantitative estimate of drug-likeness (QED) is 0.661. The van der Waals surface area contributed by atoms with Crippen molar-refractivity contribution >= 4 is 40.3 Å². The number of thioether (sulfide) groups is 1. The van der Waals surface area contributed by atoms with Crippen molar-refractivity contribution in [3.05, 3.63) is 28.2 Å². The van der Waals surface area contributed by atoms with Crippen molar-refractivity contribution in [2.75, 3.05) is 7.11 Å². The van der Waals surface area contributed by atoms with Gasteiger partial charge in [0, 0.05) is 0 Å². The van der Waals surface area contributed by atoms with Crippen LogP contribution >= 0.6 is 24.0 Å². The van der Waals surface area contributed by atoms with Crippen molar-refractivity contribution in [2.45, 2.75) is 19.8 Å². The van der Waals surface area contributed by atoms with Gasteiger partial charge in [-0.25, -0.2) is 0 Å². The molecule has 1 fully saturated rings. The number of phenols is 1. The average Bonchev–Trinajstić information content (AvgIpc) is 2.71. The second-order valence-electron chi connectivity index (χ2n) is 4.33. The maximum absolute atomic E-state index is 11.7. The van der Waals surface area contributed by atoms with Gasteiger partial charge in [-0.2, -0.15) is 0 Å². The van der Waals surface area contributed by atoms with Crippen LogP contribution in [0.5, 0.6) is 11.5 Å². The number of rotatable bonds is 4. The summed E-state index contributed by atoms with van der Waals surface area (Å²) >= 11 is 6.19. The van der Waals surface area contributed by atoms with E-state index in [0.29, 0.717) is 15.0 Å². The third kappa shape index (κ3) is 3.13. The molecule has 1 aliphatic rings. The molecule has 1 amide bonds. The minimum atomic E-state index is -0.191. The molecule has 1 aliphatic heterocycles. The minimum absolute atomic E-state index is 0.163. The molecule has 106 valence electrons. The van der Waals surface area contributed by atoms with Gasteiger partial charge in [0.25, 0.3) is 5.91 Å². The van der Waals surface area contributed by atoms with Crippen LogP contribution in [0.15, 0.2) is 17.0 Å². The van der Waals surface area contributed by atoms with E-state index >= 15 is 0 Å². The van der Waals surface area contributed by atoms with E-state index in [1.165, 1.54) is 18.9 Å². The summed E-state index contributed by atoms with van der Waals surface area (Å²) in [5, 5.41) is 12.6. The van der Waals surface area contributed by atoms with E-state index in [1.807, 2.05) is 13.0 Å². The highest BCUT2D eigenvalue weighted by atomic mass is 32.2. The van der Waals surface area contributed by atoms with E-state index in [-0.39, 0.29) is 11.7 Å². The van der Waals surface area contributed by atoms with Crippen LogP contribution in [0.4, 0.5) is 0 Å². The minimum Gasteiger partial charge on any atom is -0.504 e. The van der Waals surface area contributed by atoms with Crippen molar-refractivity contribution in [3.8, 4) is 11.5 Å². The van der Waals surface area contributed by atoms with Crippen LogP contribution in [0, 0.1) is 0 Å². The predicted molar refractivity (Wildman–Crippen MR) is 85.0 cm³/mol. The fourth-order valence-electron chi connectivity index (χ4n) is 1.96. The number of nitrogens with one attached hydrogen (secondary N) is 1. The Balaban J connectivity index is 2.41. The lowest BCUT2D eigenvalue weighted by Crippen LogP contribution is -2.17. The lowest BCUT2D eigenvalue weighted by Gasteiger charge is -2.10. The summed E-state index contributed by atoms with van der Waals surface area (Å²) in [6.45, 7) is 2.04. The van der Waals surface area contributed by atoms with Gasteiger partial charge >= 0.3 is 0 Å². The Bertz CT molecular complexity index is 596. The molecule has 2 rings (SSSR count). The number of thiocarbonyl (C=S) groups is 1. The van der Waals surface area contributed by atoms with E-state index in [0.717, 1.165) is 24.0 Å². The molecule has 0 unspecified atom stereocenters. The summed E-state index contributed by atoms with van der Waals surface area (Å²) in [6, 6.07) is 3.57. The maximum atomic E-state index is 11.7. The Labute approximate surface area is 127 Å². The molecular formula is C14H15NO3S2. The van der Waals surface area contributed by atoms with Crippen LogP contribution < -0.4 is 10.1 Å². The maximum Gasteiger partial charge on any atom is 0.263 e. The van der Waals surface area contributed by atoms with Crippen LogP contribution in [0.25, 0.3) is 6.08 Å². The largest absolute Gasteiger partial charge is 0.504 e. The molecular weight excluding hydrogens is 294 g/mol. The normalized spacial score (nSPS) is 16.6. The van der Waals surface area contributed by atoms with Crippen LogP contribution in [0.2, 0.25) is 0 Å². The van der Waals surface area contributed by atoms with Gasteiger partial charge < -0.3 is 15.2 Å². The van der Waals surface area contributed by atoms with Gasteiger partial charge in [0.15, 0.2) is 11.5 Å². The second-order valence-corrected chi connectivity index (χ2v) is 6.05. The number of phenolic OH excluding ortho intramolecular Hbond substituents is 1. The molecule has 2 N–H and O–H groups in total. The standard InChI is InChI=1S/C14H15NO3S2/c1-3-4-9-5-8(6-10(18-2)12(9)16)7-11-13(17)15-14(19)20-11/h5-7,16H,3-4H2,1-2H3,(H,15,17,19). The summed E-state index contributed by atoms with van der Waals surface area (Å²) in [6.07, 6.45) is 3.41. The topological polar surface area (TPSA) is 58.6 Å². The number of aromatic hydroxyl groups is 1. The number of carbonyl (C=O) groups is 1. The summed E-state index contributed by atoms with van der Waals surface area (Å²) < 4.78 is 5.63. The molecule has 0 atom stereocenters. The van der Waals surface area contributed by atoms with Gasteiger partial charge in [0.2, 0.25) is 0 Å². The monoisotopic (exact) mass is 309 g/mol. The average molecular weight is 309 g/mol. The van der Waals surface area contributed by atoms with Crippen LogP contribution in [-0.4, -0.2) is 22.4 Å². The van der Waals surface area contributed by atoms with Crippen LogP contribution in [0.3, 0.4) is 0 Å². The Morgan fingerprint density at radius 3 is 2.80 bits per heavy atom. The smallest absolute Gasteiger partial charge is 0.263 e. The number of hydrogen-bond acceptors (Lipinski definition) is 5. The third-order valence-electron chi connectivity index (χ3n) is 2.86. The van der Waals surface area contributed by atoms with E-state index in [1.54, 1.807) is 12.1 Å². The van der Waals surface area contributed by atoms with Crippen molar-refractivity contribution in [2.24, 2.45) is 0 Å². The lowest BCUT2D eigenvalue weighted by atomic mass is 10.0. The molecule has 1 saturated heterocycles. The molecule has 0 saturated carbocycles. The molecule has 1 heterocycles. The number of hydrogen-bond donors (Lipinski definition) is 2. The molecule has 0 aromatic heterocycles. The Kier molecular flexibility index (Phi) is 4.67. The summed E-state index contributed by atoms with van der Waals surface area (Å²) in [7, 11) is 1.51. The molecule has 6 heteroatoms. The Morgan fingerprint density at radius 1 is 1.50 bits per heavy atom. The molecule has 4 nitrogen and oxygen atoms in total. The highest BCUT2D eigenvalue weighted by Gasteiger charge is 2.22. The zero-order valence-corrected chi connectivity index (χ0v) is 12.9. The molecule has 1 aromatic carbocycles. The molecule has 20 heavy (non-hydrogen) atoms. The first-order valence-corrected chi connectivity index (χ1v) is 7.42. The first kappa shape index (κ1) is 14.9. The Morgan fingerprint density at radius 2 is 2.25 bits per heavy atom. The van der Waals surface area contributed by atoms with Crippen molar-refractivity contribution in [3.63, 3.8) is 0 Å². The van der Waals surface area contributed by atoms with E-state index in [2.05, 4.69) is 5.32 Å². The van der Waals surface area contributed by atoms with E-state index in [4.69, 9.17) is 17.0 Å². The molecule has 0 spiro atoms. The first-order valence-electron chi connectivity index (χ1n) is 6.20. The summed E-state index contributed by atoms with van der Waals surface area (Å²) in [4.78, 5) is 12.2. The van der Waals surface area contributed by atoms with Gasteiger partial charge in [-0.15, -0.1) is 0 Å². The zero-order valence-electron chi connectivity index (χ0n) is 11.2. The van der Waals surface area contributed by atoms with E-state index < -0.39 is 0 Å². The van der Waals surface area contributed by atoms with Gasteiger partial charge in [-0.1, -0.05) is 37.3 Å². The highest BCUT2D eigenvalue weighted by Crippen LogP contribution is 2.34. The van der Waals surface area contributed by atoms with Crippen molar-refractivity contribution in [1.82, 2.24) is 5.32 Å². The second kappa shape index (κ2) is 6.28. The Hall–Kier alpha value is -1.53. The molecule has 0 radical (unpaired) electrons. The van der Waals surface area contributed by atoms with Crippen molar-refractivity contribution in [1.29, 1.82) is 0 Å². The molecule has 1 aromatic rings. The highest BCUT2D eigenvalue weighted by molar-refractivity contribution is 8.26. The number of ether oxygens (including phenoxy) is 1. The fraction of sp³-hybridized carbons (Fsp3) is 0.286. The van der Waals surface area contributed by atoms with Crippen LogP contribution in [0.1, 0.15) is 24.5 Å². The third-order valence-corrected chi connectivity index (χ3v) is 4.02. The zero-order chi connectivity index (χ0) is 14.7. The lowest BCUT2D eigenvalue weighted by molar-refractivity contribution is -0.115. The predicted octanol–water partition coefficient (Wildman–Crippen LogP) is 2.84. The number of carbonyl (C=O) groups excluding carboxylic acids is 1. The number of aryl methyl sites for hydroxylation is 1. The summed E-state index contributed by atoms with van der Waals surface area (Å²) in [5.41, 5.74) is 1.62. The number of amides is 1. The van der Waals surface area contributed by atoms with Crippen LogP contribution in [-0.2, 0) is 11.2 Å². The van der Waals surface area contributed by atoms with Gasteiger partial charge in [0.05, 0.1) is 12.0 Å². The molecule has 0 aliphatic carbocycles. The first-order chi connectivity index (χ1) is 9.55.